The number of halogens is 1. The molecule has 390 valence electrons. The number of fused-ring (bicyclic) bond motifs is 1. The average molecular weight is 980 g/mol. The van der Waals surface area contributed by atoms with Gasteiger partial charge in [0.15, 0.2) is 24.0 Å². The maximum Gasteiger partial charge on any atom is 0.335 e. The Morgan fingerprint density at radius 3 is 2.22 bits per heavy atom. The fraction of sp³-hybridized carbons (Fsp3) is 0.780. The lowest BCUT2D eigenvalue weighted by atomic mass is 9.67. The summed E-state index contributed by atoms with van der Waals surface area (Å²) in [5.74, 6) is -9.87. The van der Waals surface area contributed by atoms with Gasteiger partial charge in [-0.05, 0) is 99.0 Å². The predicted octanol–water partition coefficient (Wildman–Crippen LogP) is 4.46. The number of carbonyl (C=O) groups excluding carboxylic acids is 4. The van der Waals surface area contributed by atoms with Gasteiger partial charge >= 0.3 is 17.9 Å². The lowest BCUT2D eigenvalue weighted by Crippen LogP contribution is -2.61. The van der Waals surface area contributed by atoms with Crippen molar-refractivity contribution in [3.05, 3.63) is 35.6 Å². The molecule has 4 aliphatic heterocycles. The van der Waals surface area contributed by atoms with Crippen molar-refractivity contribution in [2.75, 3.05) is 28.3 Å². The van der Waals surface area contributed by atoms with Crippen LogP contribution in [0.1, 0.15) is 107 Å². The lowest BCUT2D eigenvalue weighted by molar-refractivity contribution is -0.319. The second kappa shape index (κ2) is 22.8. The first-order chi connectivity index (χ1) is 32.2. The number of hydrogen-bond acceptors (Lipinski definition) is 17. The van der Waals surface area contributed by atoms with Crippen molar-refractivity contribution in [2.45, 2.75) is 186 Å². The highest BCUT2D eigenvalue weighted by molar-refractivity contribution is 6.03. The minimum atomic E-state index is -1.67. The number of amidine groups is 1. The standard InChI is InChI=1S/C50H78FN3O15/c1-15-34-50(10)38(37(46(60)68-50)44(52)53-69-35(55)20-19-31-17-16-18-32(51)22-31)27(4)39(56)25(2)23-49(9,62-14)43(67-47-40(57)33(54(11)12)21-26(3)63-47)28(5)41(29(6)45(59)65-34)66-36-24-48(8,61-13)42(58)30(7)64-36/h16-18,22,25-30,33-34,36-38,40-43,47,57-58H,15,19-21,23-24H2,1-14H3,(H2,52,53)/t25-,26?,27-,28+,29-,30?,33?,34-,36?,37?,38?,40?,41+,42?,43-,47?,48?,49+,50-/m1/s1. The third-order valence-corrected chi connectivity index (χ3v) is 15.4. The Bertz CT molecular complexity index is 1990. The van der Waals surface area contributed by atoms with Gasteiger partial charge in [-0.1, -0.05) is 45.0 Å². The summed E-state index contributed by atoms with van der Waals surface area (Å²) >= 11 is 0. The fourth-order valence-electron chi connectivity index (χ4n) is 11.2. The number of methoxy groups -OCH3 is 2. The van der Waals surface area contributed by atoms with Crippen LogP contribution < -0.4 is 5.73 Å². The van der Waals surface area contributed by atoms with Crippen LogP contribution in [0.4, 0.5) is 4.39 Å². The zero-order valence-electron chi connectivity index (χ0n) is 42.8. The van der Waals surface area contributed by atoms with Gasteiger partial charge in [-0.2, -0.15) is 0 Å². The van der Waals surface area contributed by atoms with Crippen LogP contribution in [0, 0.1) is 41.3 Å². The van der Waals surface area contributed by atoms with Gasteiger partial charge < -0.3 is 63.6 Å². The van der Waals surface area contributed by atoms with Crippen LogP contribution in [-0.2, 0) is 68.3 Å². The van der Waals surface area contributed by atoms with E-state index in [0.29, 0.717) is 12.0 Å². The first kappa shape index (κ1) is 56.3. The maximum atomic E-state index is 15.1. The van der Waals surface area contributed by atoms with Gasteiger partial charge in [0.05, 0.1) is 48.0 Å². The summed E-state index contributed by atoms with van der Waals surface area (Å²) in [6.07, 6.45) is -7.98. The number of oxime groups is 1. The molecule has 19 heteroatoms. The van der Waals surface area contributed by atoms with Gasteiger partial charge in [0.25, 0.3) is 0 Å². The number of cyclic esters (lactones) is 1. The number of nitrogens with zero attached hydrogens (tertiary/aromatic N) is 2. The molecule has 0 saturated carbocycles. The summed E-state index contributed by atoms with van der Waals surface area (Å²) < 4.78 is 64.9. The minimum absolute atomic E-state index is 0.0280. The highest BCUT2D eigenvalue weighted by Gasteiger charge is 2.63. The molecule has 5 rings (SSSR count). The van der Waals surface area contributed by atoms with E-state index in [0.717, 1.165) is 0 Å². The second-order valence-corrected chi connectivity index (χ2v) is 20.7. The van der Waals surface area contributed by atoms with Crippen LogP contribution in [-0.4, -0.2) is 151 Å². The molecule has 10 unspecified atom stereocenters. The van der Waals surface area contributed by atoms with E-state index in [4.69, 9.17) is 48.5 Å². The SMILES string of the molecule is CC[C@H]1OC(=O)[C@H](C)[C@@H](OC2CC(C)(OC)C(O)C(C)O2)[C@H](C)[C@@H](OC2OC(C)CC(N(C)C)C2O)[C@@](C)(OC)C[C@@H](C)C(=O)[C@H](C)C2C(/C(N)=N\OC(=O)CCc3cccc(F)c3)C(=O)O[C@@]21C. The Kier molecular flexibility index (Phi) is 18.6. The largest absolute Gasteiger partial charge is 0.458 e. The van der Waals surface area contributed by atoms with E-state index >= 15 is 4.79 Å². The molecule has 69 heavy (non-hydrogen) atoms. The number of ketones is 1. The number of hydrogen-bond donors (Lipinski definition) is 3. The molecule has 4 N–H and O–H groups in total. The number of esters is 2. The molecule has 1 aromatic rings. The molecule has 0 aliphatic carbocycles. The number of carbonyl (C=O) groups is 4. The number of ether oxygens (including phenoxy) is 8. The number of likely N-dealkylation sites (N-methyl/N-ethyl adjacent to an activating group) is 1. The smallest absolute Gasteiger partial charge is 0.335 e. The normalized spacial score (nSPS) is 41.8. The number of rotatable bonds is 13. The Hall–Kier alpha value is -3.66. The van der Waals surface area contributed by atoms with Crippen LogP contribution in [0.2, 0.25) is 0 Å². The molecule has 4 aliphatic rings. The third kappa shape index (κ3) is 12.2. The number of aliphatic hydroxyl groups is 2. The molecule has 4 saturated heterocycles. The van der Waals surface area contributed by atoms with Gasteiger partial charge in [0.1, 0.15) is 35.8 Å². The maximum absolute atomic E-state index is 15.1. The van der Waals surface area contributed by atoms with Gasteiger partial charge in [-0.3, -0.25) is 14.4 Å². The van der Waals surface area contributed by atoms with Crippen molar-refractivity contribution in [3.63, 3.8) is 0 Å². The first-order valence-corrected chi connectivity index (χ1v) is 24.2. The number of nitrogens with two attached hydrogens (primary N) is 1. The molecule has 0 aromatic heterocycles. The number of Topliss-reactive ketones (excluding diaryl/α,β-unsaturated/α-hetero) is 1. The van der Waals surface area contributed by atoms with Gasteiger partial charge in [-0.15, -0.1) is 0 Å². The number of benzene rings is 1. The van der Waals surface area contributed by atoms with Crippen LogP contribution in [0.25, 0.3) is 0 Å². The Labute approximate surface area is 406 Å². The lowest BCUT2D eigenvalue weighted by Gasteiger charge is -2.50. The molecule has 0 amide bonds. The van der Waals surface area contributed by atoms with Crippen molar-refractivity contribution in [1.29, 1.82) is 0 Å². The van der Waals surface area contributed by atoms with E-state index in [-0.39, 0.29) is 50.0 Å². The molecule has 1 aromatic carbocycles. The second-order valence-electron chi connectivity index (χ2n) is 20.7. The molecule has 0 bridgehead atoms. The zero-order valence-corrected chi connectivity index (χ0v) is 42.8. The van der Waals surface area contributed by atoms with E-state index in [1.165, 1.54) is 32.4 Å². The van der Waals surface area contributed by atoms with E-state index in [1.54, 1.807) is 61.5 Å². The number of aryl methyl sites for hydroxylation is 1. The van der Waals surface area contributed by atoms with Crippen LogP contribution >= 0.6 is 0 Å². The van der Waals surface area contributed by atoms with Crippen LogP contribution in [0.5, 0.6) is 0 Å². The summed E-state index contributed by atoms with van der Waals surface area (Å²) in [4.78, 5) is 64.1. The molecule has 0 radical (unpaired) electrons. The zero-order chi connectivity index (χ0) is 51.5. The summed E-state index contributed by atoms with van der Waals surface area (Å²) in [6, 6.07) is 5.43. The molecule has 0 spiro atoms. The van der Waals surface area contributed by atoms with Gasteiger partial charge in [0.2, 0.25) is 0 Å². The third-order valence-electron chi connectivity index (χ3n) is 15.4. The summed E-state index contributed by atoms with van der Waals surface area (Å²) in [7, 11) is 6.69. The highest BCUT2D eigenvalue weighted by atomic mass is 19.1. The van der Waals surface area contributed by atoms with Crippen molar-refractivity contribution in [3.8, 4) is 0 Å². The average Bonchev–Trinajstić information content (AvgIpc) is 3.58. The monoisotopic (exact) mass is 980 g/mol. The molecule has 4 heterocycles. The molecular weight excluding hydrogens is 902 g/mol. The van der Waals surface area contributed by atoms with Gasteiger partial charge in [0, 0.05) is 50.4 Å². The predicted molar refractivity (Wildman–Crippen MR) is 248 cm³/mol. The highest BCUT2D eigenvalue weighted by Crippen LogP contribution is 2.49. The number of aliphatic hydroxyl groups excluding tert-OH is 2. The summed E-state index contributed by atoms with van der Waals surface area (Å²) in [6.45, 7) is 17.3. The first-order valence-electron chi connectivity index (χ1n) is 24.2. The van der Waals surface area contributed by atoms with Crippen molar-refractivity contribution < 1.29 is 76.5 Å². The minimum Gasteiger partial charge on any atom is -0.458 e. The Morgan fingerprint density at radius 1 is 0.942 bits per heavy atom. The molecular formula is C50H78FN3O15. The van der Waals surface area contributed by atoms with Crippen LogP contribution in [0.15, 0.2) is 29.4 Å². The summed E-state index contributed by atoms with van der Waals surface area (Å²) in [5, 5.41) is 26.8. The van der Waals surface area contributed by atoms with E-state index in [2.05, 4.69) is 5.16 Å². The van der Waals surface area contributed by atoms with Crippen LogP contribution in [0.3, 0.4) is 0 Å². The Morgan fingerprint density at radius 2 is 1.61 bits per heavy atom. The van der Waals surface area contributed by atoms with E-state index in [1.807, 2.05) is 32.8 Å². The molecule has 18 nitrogen and oxygen atoms in total. The van der Waals surface area contributed by atoms with E-state index < -0.39 is 131 Å². The Balaban J connectivity index is 1.60. The van der Waals surface area contributed by atoms with E-state index in [9.17, 15) is 29.0 Å². The van der Waals surface area contributed by atoms with Crippen molar-refractivity contribution in [1.82, 2.24) is 4.90 Å². The topological polar surface area (TPSA) is 233 Å². The van der Waals surface area contributed by atoms with Crippen molar-refractivity contribution in [2.24, 2.45) is 46.4 Å². The van der Waals surface area contributed by atoms with Gasteiger partial charge in [-0.25, -0.2) is 9.18 Å². The fourth-order valence-corrected chi connectivity index (χ4v) is 11.2. The molecule has 19 atom stereocenters. The molecule has 4 fully saturated rings. The van der Waals surface area contributed by atoms with Crippen molar-refractivity contribution >= 4 is 29.5 Å². The summed E-state index contributed by atoms with van der Waals surface area (Å²) in [5.41, 5.74) is 2.95. The quantitative estimate of drug-likeness (QED) is 0.0814.